The molecule has 2 heteroatoms. The van der Waals surface area contributed by atoms with Crippen molar-refractivity contribution in [2.45, 2.75) is 24.9 Å². The number of hydrogen-bond donors (Lipinski definition) is 1. The van der Waals surface area contributed by atoms with Crippen LogP contribution >= 0.6 is 0 Å². The molecule has 2 unspecified atom stereocenters. The van der Waals surface area contributed by atoms with Crippen LogP contribution in [0.4, 0.5) is 0 Å². The van der Waals surface area contributed by atoms with Crippen molar-refractivity contribution < 1.29 is 5.11 Å². The summed E-state index contributed by atoms with van der Waals surface area (Å²) in [6.07, 6.45) is 3.22. The van der Waals surface area contributed by atoms with Crippen LogP contribution in [0.25, 0.3) is 10.9 Å². The molecule has 2 aromatic carbocycles. The first-order valence-electron chi connectivity index (χ1n) is 7.42. The van der Waals surface area contributed by atoms with E-state index in [4.69, 9.17) is 0 Å². The molecule has 1 aliphatic carbocycles. The summed E-state index contributed by atoms with van der Waals surface area (Å²) in [6.45, 7) is 0. The second-order valence-corrected chi connectivity index (χ2v) is 5.77. The van der Waals surface area contributed by atoms with Gasteiger partial charge in [0.05, 0.1) is 11.6 Å². The summed E-state index contributed by atoms with van der Waals surface area (Å²) < 4.78 is 0. The molecule has 0 bridgehead atoms. The minimum absolute atomic E-state index is 0.434. The number of benzene rings is 2. The standard InChI is InChI=1S/C19H17NO/c21-19(12-14-11-13-5-1-2-6-15(13)14)17-9-10-20-18-8-4-3-7-16(17)18/h1-10,14,19,21H,11-12H2. The first-order valence-corrected chi connectivity index (χ1v) is 7.42. The van der Waals surface area contributed by atoms with Gasteiger partial charge in [-0.25, -0.2) is 0 Å². The van der Waals surface area contributed by atoms with Crippen LogP contribution < -0.4 is 0 Å². The summed E-state index contributed by atoms with van der Waals surface area (Å²) >= 11 is 0. The summed E-state index contributed by atoms with van der Waals surface area (Å²) in [7, 11) is 0. The normalized spacial score (nSPS) is 18.0. The molecular weight excluding hydrogens is 258 g/mol. The Balaban J connectivity index is 1.62. The maximum absolute atomic E-state index is 10.7. The molecule has 2 atom stereocenters. The Morgan fingerprint density at radius 2 is 1.86 bits per heavy atom. The Morgan fingerprint density at radius 3 is 2.76 bits per heavy atom. The van der Waals surface area contributed by atoms with Gasteiger partial charge in [0.25, 0.3) is 0 Å². The molecule has 1 N–H and O–H groups in total. The van der Waals surface area contributed by atoms with Gasteiger partial charge in [0.1, 0.15) is 0 Å². The predicted molar refractivity (Wildman–Crippen MR) is 84.2 cm³/mol. The van der Waals surface area contributed by atoms with E-state index in [-0.39, 0.29) is 0 Å². The third-order valence-corrected chi connectivity index (χ3v) is 4.51. The molecule has 0 amide bonds. The molecule has 0 spiro atoms. The van der Waals surface area contributed by atoms with Gasteiger partial charge in [-0.05, 0) is 47.6 Å². The molecular formula is C19H17NO. The average Bonchev–Trinajstić information content (AvgIpc) is 2.52. The van der Waals surface area contributed by atoms with Crippen molar-refractivity contribution in [1.82, 2.24) is 4.98 Å². The van der Waals surface area contributed by atoms with Crippen LogP contribution in [0.15, 0.2) is 60.8 Å². The van der Waals surface area contributed by atoms with Crippen molar-refractivity contribution in [3.8, 4) is 0 Å². The minimum Gasteiger partial charge on any atom is -0.388 e. The van der Waals surface area contributed by atoms with Crippen molar-refractivity contribution in [3.05, 3.63) is 77.5 Å². The van der Waals surface area contributed by atoms with Gasteiger partial charge < -0.3 is 5.11 Å². The lowest BCUT2D eigenvalue weighted by molar-refractivity contribution is 0.155. The highest BCUT2D eigenvalue weighted by molar-refractivity contribution is 5.82. The smallest absolute Gasteiger partial charge is 0.0803 e. The Labute approximate surface area is 124 Å². The van der Waals surface area contributed by atoms with Crippen LogP contribution in [0.3, 0.4) is 0 Å². The monoisotopic (exact) mass is 275 g/mol. The molecule has 0 saturated carbocycles. The number of hydrogen-bond acceptors (Lipinski definition) is 2. The Hall–Kier alpha value is -2.19. The largest absolute Gasteiger partial charge is 0.388 e. The highest BCUT2D eigenvalue weighted by atomic mass is 16.3. The number of pyridine rings is 1. The molecule has 0 radical (unpaired) electrons. The molecule has 0 aliphatic heterocycles. The Morgan fingerprint density at radius 1 is 1.05 bits per heavy atom. The Bertz CT molecular complexity index is 791. The SMILES string of the molecule is OC(CC1Cc2ccccc21)c1ccnc2ccccc12. The molecule has 104 valence electrons. The number of nitrogens with zero attached hydrogens (tertiary/aromatic N) is 1. The van der Waals surface area contributed by atoms with Crippen LogP contribution in [-0.4, -0.2) is 10.1 Å². The van der Waals surface area contributed by atoms with Gasteiger partial charge in [-0.15, -0.1) is 0 Å². The fraction of sp³-hybridized carbons (Fsp3) is 0.211. The molecule has 2 nitrogen and oxygen atoms in total. The van der Waals surface area contributed by atoms with E-state index in [1.54, 1.807) is 6.20 Å². The molecule has 3 aromatic rings. The highest BCUT2D eigenvalue weighted by Crippen LogP contribution is 2.41. The van der Waals surface area contributed by atoms with E-state index in [1.807, 2.05) is 30.3 Å². The number of aliphatic hydroxyl groups is 1. The molecule has 21 heavy (non-hydrogen) atoms. The van der Waals surface area contributed by atoms with Crippen LogP contribution in [0, 0.1) is 0 Å². The fourth-order valence-corrected chi connectivity index (χ4v) is 3.38. The highest BCUT2D eigenvalue weighted by Gasteiger charge is 2.28. The lowest BCUT2D eigenvalue weighted by Gasteiger charge is -2.32. The van der Waals surface area contributed by atoms with Gasteiger partial charge in [-0.2, -0.15) is 0 Å². The summed E-state index contributed by atoms with van der Waals surface area (Å²) in [5.74, 6) is 0.475. The van der Waals surface area contributed by atoms with E-state index in [9.17, 15) is 5.11 Å². The average molecular weight is 275 g/mol. The zero-order valence-corrected chi connectivity index (χ0v) is 11.7. The fourth-order valence-electron chi connectivity index (χ4n) is 3.38. The number of rotatable bonds is 3. The minimum atomic E-state index is -0.434. The summed E-state index contributed by atoms with van der Waals surface area (Å²) in [5.41, 5.74) is 4.76. The van der Waals surface area contributed by atoms with Crippen LogP contribution in [0.1, 0.15) is 35.1 Å². The van der Waals surface area contributed by atoms with E-state index in [1.165, 1.54) is 11.1 Å². The van der Waals surface area contributed by atoms with Gasteiger partial charge in [-0.1, -0.05) is 42.5 Å². The van der Waals surface area contributed by atoms with Crippen molar-refractivity contribution in [3.63, 3.8) is 0 Å². The zero-order valence-electron chi connectivity index (χ0n) is 11.7. The zero-order chi connectivity index (χ0) is 14.2. The second kappa shape index (κ2) is 4.97. The third kappa shape index (κ3) is 2.12. The van der Waals surface area contributed by atoms with Crippen molar-refractivity contribution in [2.24, 2.45) is 0 Å². The number of fused-ring (bicyclic) bond motifs is 2. The number of para-hydroxylation sites is 1. The van der Waals surface area contributed by atoms with Gasteiger partial charge in [-0.3, -0.25) is 4.98 Å². The van der Waals surface area contributed by atoms with Crippen LogP contribution in [0.5, 0.6) is 0 Å². The lowest BCUT2D eigenvalue weighted by atomic mass is 9.74. The number of aliphatic hydroxyl groups excluding tert-OH is 1. The van der Waals surface area contributed by atoms with E-state index in [2.05, 4.69) is 29.2 Å². The summed E-state index contributed by atoms with van der Waals surface area (Å²) in [5, 5.41) is 11.7. The third-order valence-electron chi connectivity index (χ3n) is 4.51. The van der Waals surface area contributed by atoms with E-state index in [0.29, 0.717) is 5.92 Å². The maximum Gasteiger partial charge on any atom is 0.0803 e. The topological polar surface area (TPSA) is 33.1 Å². The molecule has 0 saturated heterocycles. The number of aromatic nitrogens is 1. The first-order chi connectivity index (χ1) is 10.3. The van der Waals surface area contributed by atoms with Crippen molar-refractivity contribution in [1.29, 1.82) is 0 Å². The van der Waals surface area contributed by atoms with Crippen molar-refractivity contribution >= 4 is 10.9 Å². The van der Waals surface area contributed by atoms with Gasteiger partial charge in [0.15, 0.2) is 0 Å². The summed E-state index contributed by atoms with van der Waals surface area (Å²) in [4.78, 5) is 4.36. The van der Waals surface area contributed by atoms with Gasteiger partial charge in [0.2, 0.25) is 0 Å². The van der Waals surface area contributed by atoms with Gasteiger partial charge >= 0.3 is 0 Å². The Kier molecular flexibility index (Phi) is 2.97. The predicted octanol–water partition coefficient (Wildman–Crippen LogP) is 4.00. The van der Waals surface area contributed by atoms with E-state index >= 15 is 0 Å². The van der Waals surface area contributed by atoms with Crippen LogP contribution in [0.2, 0.25) is 0 Å². The first kappa shape index (κ1) is 12.5. The molecule has 1 aliphatic rings. The second-order valence-electron chi connectivity index (χ2n) is 5.77. The van der Waals surface area contributed by atoms with Crippen molar-refractivity contribution in [2.75, 3.05) is 0 Å². The van der Waals surface area contributed by atoms with E-state index in [0.717, 1.165) is 29.3 Å². The maximum atomic E-state index is 10.7. The van der Waals surface area contributed by atoms with Crippen LogP contribution in [-0.2, 0) is 6.42 Å². The molecule has 1 aromatic heterocycles. The van der Waals surface area contributed by atoms with E-state index < -0.39 is 6.10 Å². The lowest BCUT2D eigenvalue weighted by Crippen LogP contribution is -2.19. The summed E-state index contributed by atoms with van der Waals surface area (Å²) in [6, 6.07) is 18.5. The molecule has 4 rings (SSSR count). The van der Waals surface area contributed by atoms with Gasteiger partial charge in [0, 0.05) is 11.6 Å². The molecule has 0 fully saturated rings. The quantitative estimate of drug-likeness (QED) is 0.783. The molecule has 1 heterocycles.